The molecule has 0 radical (unpaired) electrons. The van der Waals surface area contributed by atoms with Gasteiger partial charge >= 0.3 is 11.5 Å². The van der Waals surface area contributed by atoms with E-state index >= 15 is 0 Å². The van der Waals surface area contributed by atoms with Gasteiger partial charge in [0.25, 0.3) is 0 Å². The molecule has 0 aliphatic carbocycles. The minimum atomic E-state index is -4.17. The first kappa shape index (κ1) is 16.2. The Morgan fingerprint density at radius 3 is 2.57 bits per heavy atom. The van der Waals surface area contributed by atoms with Crippen molar-refractivity contribution in [1.29, 1.82) is 0 Å². The van der Waals surface area contributed by atoms with Crippen LogP contribution in [-0.4, -0.2) is 41.8 Å². The number of nitrogens with zero attached hydrogens (tertiary/aromatic N) is 1. The molecule has 1 fully saturated rings. The number of hydrogen-bond donors (Lipinski definition) is 0. The predicted octanol–water partition coefficient (Wildman–Crippen LogP) is 2.91. The van der Waals surface area contributed by atoms with Crippen molar-refractivity contribution in [2.75, 3.05) is 25.4 Å². The smallest absolute Gasteiger partial charge is 0.441 e. The lowest BCUT2D eigenvalue weighted by Gasteiger charge is -2.38. The lowest BCUT2D eigenvalue weighted by Crippen LogP contribution is -2.50. The van der Waals surface area contributed by atoms with Crippen molar-refractivity contribution >= 4 is 17.7 Å². The van der Waals surface area contributed by atoms with E-state index in [0.717, 1.165) is 5.56 Å². The lowest BCUT2D eigenvalue weighted by atomic mass is 10.0. The van der Waals surface area contributed by atoms with E-state index in [1.54, 1.807) is 4.90 Å². The van der Waals surface area contributed by atoms with E-state index < -0.39 is 5.51 Å². The minimum Gasteiger partial charge on any atom is -0.460 e. The van der Waals surface area contributed by atoms with Gasteiger partial charge in [0.15, 0.2) is 0 Å². The van der Waals surface area contributed by atoms with Crippen LogP contribution in [0.15, 0.2) is 30.3 Å². The quantitative estimate of drug-likeness (QED) is 0.754. The Labute approximate surface area is 125 Å². The maximum atomic E-state index is 12.0. The molecule has 7 heteroatoms. The zero-order chi connectivity index (χ0) is 15.3. The second-order valence-electron chi connectivity index (χ2n) is 4.96. The lowest BCUT2D eigenvalue weighted by molar-refractivity contribution is -0.147. The van der Waals surface area contributed by atoms with Crippen molar-refractivity contribution in [2.45, 2.75) is 12.1 Å². The number of carbonyl (C=O) groups is 1. The fourth-order valence-electron chi connectivity index (χ4n) is 2.09. The zero-order valence-electron chi connectivity index (χ0n) is 11.3. The summed E-state index contributed by atoms with van der Waals surface area (Å²) in [6, 6.07) is 9.33. The molecule has 0 spiro atoms. The molecule has 1 heterocycles. The molecule has 1 saturated heterocycles. The van der Waals surface area contributed by atoms with Gasteiger partial charge in [-0.2, -0.15) is 13.2 Å². The maximum Gasteiger partial charge on any atom is 0.441 e. The molecule has 1 aliphatic rings. The van der Waals surface area contributed by atoms with Crippen LogP contribution in [0.3, 0.4) is 0 Å². The molecule has 0 aromatic heterocycles. The normalized spacial score (nSPS) is 16.5. The Bertz CT molecular complexity index is 461. The summed E-state index contributed by atoms with van der Waals surface area (Å²) in [4.78, 5) is 13.4. The zero-order valence-corrected chi connectivity index (χ0v) is 12.1. The second-order valence-corrected chi connectivity index (χ2v) is 6.05. The van der Waals surface area contributed by atoms with Gasteiger partial charge in [0.2, 0.25) is 0 Å². The molecule has 0 saturated carbocycles. The molecule has 116 valence electrons. The van der Waals surface area contributed by atoms with E-state index in [4.69, 9.17) is 4.74 Å². The predicted molar refractivity (Wildman–Crippen MR) is 74.7 cm³/mol. The number of ether oxygens (including phenoxy) is 1. The van der Waals surface area contributed by atoms with Gasteiger partial charge in [-0.3, -0.25) is 9.69 Å². The van der Waals surface area contributed by atoms with Crippen molar-refractivity contribution < 1.29 is 22.7 Å². The van der Waals surface area contributed by atoms with Crippen LogP contribution in [0, 0.1) is 5.92 Å². The topological polar surface area (TPSA) is 29.5 Å². The molecule has 0 atom stereocenters. The highest BCUT2D eigenvalue weighted by Crippen LogP contribution is 2.33. The molecular formula is C14H16F3NO2S. The molecule has 3 nitrogen and oxygen atoms in total. The van der Waals surface area contributed by atoms with Gasteiger partial charge in [0, 0.05) is 18.8 Å². The highest BCUT2D eigenvalue weighted by Gasteiger charge is 2.34. The van der Waals surface area contributed by atoms with Gasteiger partial charge in [-0.1, -0.05) is 42.1 Å². The van der Waals surface area contributed by atoms with E-state index in [1.807, 2.05) is 30.3 Å². The maximum absolute atomic E-state index is 12.0. The number of halogens is 3. The van der Waals surface area contributed by atoms with Crippen LogP contribution in [0.5, 0.6) is 0 Å². The Morgan fingerprint density at radius 1 is 1.29 bits per heavy atom. The first-order valence-corrected chi connectivity index (χ1v) is 7.53. The first-order chi connectivity index (χ1) is 9.92. The van der Waals surface area contributed by atoms with Gasteiger partial charge in [-0.05, 0) is 11.5 Å². The number of alkyl halides is 3. The number of rotatable bonds is 6. The van der Waals surface area contributed by atoms with Crippen molar-refractivity contribution in [2.24, 2.45) is 5.92 Å². The number of carbonyl (C=O) groups excluding carboxylic acids is 1. The molecular weight excluding hydrogens is 303 g/mol. The molecule has 0 N–H and O–H groups in total. The minimum absolute atomic E-state index is 0.00134. The third kappa shape index (κ3) is 5.97. The summed E-state index contributed by atoms with van der Waals surface area (Å²) in [6.07, 6.45) is 0. The standard InChI is InChI=1S/C14H16F3NO2S/c15-14(16,17)21-10-12-6-18(7-12)8-13(19)20-9-11-4-2-1-3-5-11/h1-5,12H,6-10H2. The third-order valence-electron chi connectivity index (χ3n) is 3.11. The fraction of sp³-hybridized carbons (Fsp3) is 0.500. The van der Waals surface area contributed by atoms with Crippen LogP contribution in [0.4, 0.5) is 13.2 Å². The Morgan fingerprint density at radius 2 is 1.95 bits per heavy atom. The van der Waals surface area contributed by atoms with Gasteiger partial charge in [0.05, 0.1) is 6.54 Å². The van der Waals surface area contributed by atoms with E-state index in [-0.39, 0.29) is 42.6 Å². The highest BCUT2D eigenvalue weighted by molar-refractivity contribution is 8.00. The number of esters is 1. The molecule has 0 unspecified atom stereocenters. The van der Waals surface area contributed by atoms with Crippen LogP contribution >= 0.6 is 11.8 Å². The second kappa shape index (κ2) is 7.17. The Kier molecular flexibility index (Phi) is 5.52. The fourth-order valence-corrected chi connectivity index (χ4v) is 2.73. The third-order valence-corrected chi connectivity index (χ3v) is 4.08. The molecule has 1 aliphatic heterocycles. The average Bonchev–Trinajstić information content (AvgIpc) is 2.39. The molecule has 0 amide bonds. The van der Waals surface area contributed by atoms with Crippen molar-refractivity contribution in [3.05, 3.63) is 35.9 Å². The largest absolute Gasteiger partial charge is 0.460 e. The summed E-state index contributed by atoms with van der Waals surface area (Å²) in [5.41, 5.74) is -3.26. The van der Waals surface area contributed by atoms with Crippen LogP contribution in [-0.2, 0) is 16.1 Å². The van der Waals surface area contributed by atoms with E-state index in [2.05, 4.69) is 0 Å². The molecule has 1 aromatic rings. The van der Waals surface area contributed by atoms with Gasteiger partial charge < -0.3 is 4.74 Å². The highest BCUT2D eigenvalue weighted by atomic mass is 32.2. The summed E-state index contributed by atoms with van der Waals surface area (Å²) in [6.45, 7) is 1.40. The van der Waals surface area contributed by atoms with Crippen LogP contribution in [0.1, 0.15) is 5.56 Å². The number of hydrogen-bond acceptors (Lipinski definition) is 4. The molecule has 1 aromatic carbocycles. The Balaban J connectivity index is 1.58. The SMILES string of the molecule is O=C(CN1CC(CSC(F)(F)F)C1)OCc1ccccc1. The summed E-state index contributed by atoms with van der Waals surface area (Å²) >= 11 is 0.00312. The summed E-state index contributed by atoms with van der Waals surface area (Å²) in [7, 11) is 0. The molecule has 21 heavy (non-hydrogen) atoms. The summed E-state index contributed by atoms with van der Waals surface area (Å²) in [5.74, 6) is -0.293. The van der Waals surface area contributed by atoms with Gasteiger partial charge in [-0.25, -0.2) is 0 Å². The molecule has 0 bridgehead atoms. The average molecular weight is 319 g/mol. The van der Waals surface area contributed by atoms with Crippen molar-refractivity contribution in [3.8, 4) is 0 Å². The Hall–Kier alpha value is -1.21. The first-order valence-electron chi connectivity index (χ1n) is 6.55. The number of thioether (sulfide) groups is 1. The van der Waals surface area contributed by atoms with Crippen molar-refractivity contribution in [1.82, 2.24) is 4.90 Å². The van der Waals surface area contributed by atoms with E-state index in [1.165, 1.54) is 0 Å². The van der Waals surface area contributed by atoms with Gasteiger partial charge in [-0.15, -0.1) is 0 Å². The number of likely N-dealkylation sites (tertiary alicyclic amines) is 1. The van der Waals surface area contributed by atoms with E-state index in [9.17, 15) is 18.0 Å². The number of benzene rings is 1. The monoisotopic (exact) mass is 319 g/mol. The van der Waals surface area contributed by atoms with Crippen molar-refractivity contribution in [3.63, 3.8) is 0 Å². The molecule has 2 rings (SSSR count). The summed E-state index contributed by atoms with van der Waals surface area (Å²) in [5, 5.41) is 0. The van der Waals surface area contributed by atoms with Gasteiger partial charge in [0.1, 0.15) is 6.61 Å². The van der Waals surface area contributed by atoms with E-state index in [0.29, 0.717) is 13.1 Å². The van der Waals surface area contributed by atoms with Crippen LogP contribution < -0.4 is 0 Å². The van der Waals surface area contributed by atoms with Crippen LogP contribution in [0.25, 0.3) is 0 Å². The van der Waals surface area contributed by atoms with Crippen LogP contribution in [0.2, 0.25) is 0 Å². The summed E-state index contributed by atoms with van der Waals surface area (Å²) < 4.78 is 41.2.